The minimum Gasteiger partial charge on any atom is -0.495 e. The molecule has 0 radical (unpaired) electrons. The van der Waals surface area contributed by atoms with Crippen molar-refractivity contribution < 1.29 is 9.66 Å². The predicted octanol–water partition coefficient (Wildman–Crippen LogP) is 2.38. The van der Waals surface area contributed by atoms with Gasteiger partial charge in [-0.3, -0.25) is 15.1 Å². The Balaban J connectivity index is 2.31. The zero-order chi connectivity index (χ0) is 16.9. The van der Waals surface area contributed by atoms with Gasteiger partial charge in [-0.2, -0.15) is 11.8 Å². The molecule has 0 fully saturated rings. The van der Waals surface area contributed by atoms with Crippen molar-refractivity contribution in [1.82, 2.24) is 15.6 Å². The zero-order valence-corrected chi connectivity index (χ0v) is 14.4. The van der Waals surface area contributed by atoms with Crippen molar-refractivity contribution in [3.63, 3.8) is 0 Å². The molecule has 0 aliphatic rings. The van der Waals surface area contributed by atoms with Crippen LogP contribution in [0.25, 0.3) is 0 Å². The van der Waals surface area contributed by atoms with Crippen LogP contribution >= 0.6 is 11.8 Å². The Labute approximate surface area is 141 Å². The first-order valence-electron chi connectivity index (χ1n) is 7.56. The van der Waals surface area contributed by atoms with E-state index in [1.165, 1.54) is 0 Å². The maximum atomic E-state index is 10.6. The summed E-state index contributed by atoms with van der Waals surface area (Å²) in [7, 11) is 1.63. The Bertz CT molecular complexity index is 511. The van der Waals surface area contributed by atoms with E-state index in [1.54, 1.807) is 25.1 Å². The maximum Gasteiger partial charge on any atom is 0.274 e. The van der Waals surface area contributed by atoms with Crippen LogP contribution in [0.15, 0.2) is 30.4 Å². The minimum absolute atomic E-state index is 0.451. The first-order valence-corrected chi connectivity index (χ1v) is 8.71. The molecule has 0 amide bonds. The molecule has 1 aromatic heterocycles. The molecule has 0 aliphatic heterocycles. The molecule has 23 heavy (non-hydrogen) atoms. The number of thioether (sulfide) groups is 1. The van der Waals surface area contributed by atoms with Crippen molar-refractivity contribution in [2.75, 3.05) is 26.0 Å². The molecule has 0 atom stereocenters. The lowest BCUT2D eigenvalue weighted by Gasteiger charge is -2.11. The zero-order valence-electron chi connectivity index (χ0n) is 13.6. The third-order valence-corrected chi connectivity index (χ3v) is 3.92. The molecule has 0 aliphatic carbocycles. The number of unbranched alkanes of at least 4 members (excludes halogenated alkanes) is 1. The molecule has 7 nitrogen and oxygen atoms in total. The summed E-state index contributed by atoms with van der Waals surface area (Å²) < 4.78 is 5.25. The Morgan fingerprint density at radius 1 is 1.48 bits per heavy atom. The van der Waals surface area contributed by atoms with E-state index < -0.39 is 4.92 Å². The Morgan fingerprint density at radius 3 is 2.96 bits per heavy atom. The third-order valence-electron chi connectivity index (χ3n) is 2.95. The smallest absolute Gasteiger partial charge is 0.274 e. The highest BCUT2D eigenvalue weighted by molar-refractivity contribution is 7.98. The number of hydrogen-bond acceptors (Lipinski definition) is 7. The highest BCUT2D eigenvalue weighted by Crippen LogP contribution is 2.19. The van der Waals surface area contributed by atoms with Crippen molar-refractivity contribution >= 4 is 11.8 Å². The number of rotatable bonds is 12. The lowest BCUT2D eigenvalue weighted by molar-refractivity contribution is -0.404. The highest BCUT2D eigenvalue weighted by Gasteiger charge is 2.04. The molecular weight excluding hydrogens is 316 g/mol. The van der Waals surface area contributed by atoms with Crippen LogP contribution in [0.1, 0.15) is 25.5 Å². The number of methoxy groups -OCH3 is 1. The molecule has 2 N–H and O–H groups in total. The van der Waals surface area contributed by atoms with E-state index in [4.69, 9.17) is 4.74 Å². The summed E-state index contributed by atoms with van der Waals surface area (Å²) in [5.74, 6) is 2.79. The number of pyridine rings is 1. The minimum atomic E-state index is -0.451. The molecule has 128 valence electrons. The van der Waals surface area contributed by atoms with Gasteiger partial charge in [-0.05, 0) is 18.6 Å². The average molecular weight is 340 g/mol. The molecule has 0 aromatic carbocycles. The highest BCUT2D eigenvalue weighted by atomic mass is 32.2. The Hall–Kier alpha value is -1.96. The van der Waals surface area contributed by atoms with Crippen LogP contribution in [0.5, 0.6) is 5.75 Å². The van der Waals surface area contributed by atoms with Crippen molar-refractivity contribution in [1.29, 1.82) is 0 Å². The predicted molar refractivity (Wildman–Crippen MR) is 92.9 cm³/mol. The fourth-order valence-electron chi connectivity index (χ4n) is 1.80. The normalized spacial score (nSPS) is 11.1. The summed E-state index contributed by atoms with van der Waals surface area (Å²) in [6.07, 6.45) is 4.74. The van der Waals surface area contributed by atoms with Crippen LogP contribution in [-0.2, 0) is 5.75 Å². The Morgan fingerprint density at radius 2 is 2.26 bits per heavy atom. The summed E-state index contributed by atoms with van der Waals surface area (Å²) in [5.41, 5.74) is 0.905. The molecule has 0 bridgehead atoms. The second-order valence-corrected chi connectivity index (χ2v) is 5.85. The largest absolute Gasteiger partial charge is 0.495 e. The van der Waals surface area contributed by atoms with Crippen LogP contribution in [0, 0.1) is 10.1 Å². The van der Waals surface area contributed by atoms with E-state index in [0.717, 1.165) is 48.5 Å². The van der Waals surface area contributed by atoms with E-state index >= 15 is 0 Å². The monoisotopic (exact) mass is 340 g/mol. The van der Waals surface area contributed by atoms with Crippen molar-refractivity contribution in [2.24, 2.45) is 0 Å². The number of nitrogens with one attached hydrogen (secondary N) is 2. The molecule has 1 heterocycles. The Kier molecular flexibility index (Phi) is 9.62. The summed E-state index contributed by atoms with van der Waals surface area (Å²) >= 11 is 1.70. The van der Waals surface area contributed by atoms with Gasteiger partial charge in [0.25, 0.3) is 6.20 Å². The fraction of sp³-hybridized carbons (Fsp3) is 0.533. The van der Waals surface area contributed by atoms with Crippen molar-refractivity contribution in [3.05, 3.63) is 46.2 Å². The molecule has 0 saturated carbocycles. The quantitative estimate of drug-likeness (QED) is 0.343. The molecule has 1 aromatic rings. The lowest BCUT2D eigenvalue weighted by atomic mass is 10.3. The van der Waals surface area contributed by atoms with E-state index in [-0.39, 0.29) is 0 Å². The van der Waals surface area contributed by atoms with Crippen molar-refractivity contribution in [3.8, 4) is 5.75 Å². The van der Waals surface area contributed by atoms with Gasteiger partial charge in [0.1, 0.15) is 5.75 Å². The van der Waals surface area contributed by atoms with Gasteiger partial charge < -0.3 is 15.4 Å². The van der Waals surface area contributed by atoms with Gasteiger partial charge in [0.05, 0.1) is 17.7 Å². The topological polar surface area (TPSA) is 89.3 Å². The maximum absolute atomic E-state index is 10.6. The van der Waals surface area contributed by atoms with Gasteiger partial charge in [-0.1, -0.05) is 13.3 Å². The van der Waals surface area contributed by atoms with Crippen LogP contribution < -0.4 is 15.4 Å². The van der Waals surface area contributed by atoms with Gasteiger partial charge in [0.15, 0.2) is 5.82 Å². The summed E-state index contributed by atoms with van der Waals surface area (Å²) in [6, 6.07) is 3.72. The van der Waals surface area contributed by atoms with Crippen LogP contribution in [-0.4, -0.2) is 35.9 Å². The summed E-state index contributed by atoms with van der Waals surface area (Å²) in [4.78, 5) is 14.4. The van der Waals surface area contributed by atoms with Gasteiger partial charge >= 0.3 is 0 Å². The number of ether oxygens (including phenoxy) is 1. The third kappa shape index (κ3) is 8.29. The van der Waals surface area contributed by atoms with Gasteiger partial charge in [0.2, 0.25) is 0 Å². The van der Waals surface area contributed by atoms with Crippen molar-refractivity contribution in [2.45, 2.75) is 25.5 Å². The fourth-order valence-corrected chi connectivity index (χ4v) is 2.60. The number of nitrogens with zero attached hydrogens (tertiary/aromatic N) is 2. The molecular formula is C15H24N4O3S. The second-order valence-electron chi connectivity index (χ2n) is 4.74. The van der Waals surface area contributed by atoms with Gasteiger partial charge in [-0.25, -0.2) is 0 Å². The van der Waals surface area contributed by atoms with E-state index in [1.807, 2.05) is 12.1 Å². The molecule has 8 heteroatoms. The van der Waals surface area contributed by atoms with E-state index in [0.29, 0.717) is 12.4 Å². The standard InChI is InChI=1S/C15H24N4O3S/c1-3-4-7-17-15(11-19(20)21)18-9-10-23-12-13-14(22-2)6-5-8-16-13/h5-6,8,11,17-18H,3-4,7,9-10,12H2,1-2H3/b15-11+. The van der Waals surface area contributed by atoms with Crippen LogP contribution in [0.3, 0.4) is 0 Å². The number of nitro groups is 1. The number of aromatic nitrogens is 1. The average Bonchev–Trinajstić information content (AvgIpc) is 2.54. The van der Waals surface area contributed by atoms with Crippen LogP contribution in [0.4, 0.5) is 0 Å². The summed E-state index contributed by atoms with van der Waals surface area (Å²) in [5, 5.41) is 16.7. The molecule has 1 rings (SSSR count). The first-order chi connectivity index (χ1) is 11.2. The summed E-state index contributed by atoms with van der Waals surface area (Å²) in [6.45, 7) is 3.44. The first kappa shape index (κ1) is 19.1. The lowest BCUT2D eigenvalue weighted by Crippen LogP contribution is -2.29. The molecule has 0 saturated heterocycles. The van der Waals surface area contributed by atoms with Gasteiger partial charge in [-0.15, -0.1) is 0 Å². The van der Waals surface area contributed by atoms with Gasteiger partial charge in [0, 0.05) is 30.8 Å². The SMILES string of the molecule is CCCCN/C(=C\[N+](=O)[O-])NCCSCc1ncccc1OC. The molecule has 0 unspecified atom stereocenters. The van der Waals surface area contributed by atoms with E-state index in [2.05, 4.69) is 22.5 Å². The van der Waals surface area contributed by atoms with E-state index in [9.17, 15) is 10.1 Å². The van der Waals surface area contributed by atoms with Crippen LogP contribution in [0.2, 0.25) is 0 Å². The molecule has 0 spiro atoms. The number of hydrogen-bond donors (Lipinski definition) is 2. The second kappa shape index (κ2) is 11.6.